The maximum atomic E-state index is 13.4. The summed E-state index contributed by atoms with van der Waals surface area (Å²) in [6.07, 6.45) is 4.63. The van der Waals surface area contributed by atoms with Crippen LogP contribution in [0.25, 0.3) is 0 Å². The highest BCUT2D eigenvalue weighted by Crippen LogP contribution is 2.32. The summed E-state index contributed by atoms with van der Waals surface area (Å²) in [4.78, 5) is 27.6. The lowest BCUT2D eigenvalue weighted by atomic mass is 10.0. The standard InChI is InChI=1S/C25H25N3O5S/c29-24(23-9-5-15-33-23)26-20-8-3-6-19(16-20)25(30)28-14-4-7-18-17-21(10-11-22(18)28)34(31,32)27-12-1-2-13-27/h3,5-6,8-11,15-17H,1-2,4,7,12-14H2,(H,26,29). The van der Waals surface area contributed by atoms with Crippen molar-refractivity contribution in [2.45, 2.75) is 30.6 Å². The summed E-state index contributed by atoms with van der Waals surface area (Å²) in [5, 5.41) is 2.74. The summed E-state index contributed by atoms with van der Waals surface area (Å²) in [6, 6.07) is 15.0. The molecule has 2 aliphatic rings. The Labute approximate surface area is 198 Å². The molecule has 2 aliphatic heterocycles. The lowest BCUT2D eigenvalue weighted by molar-refractivity contribution is 0.0979. The van der Waals surface area contributed by atoms with Crippen molar-refractivity contribution in [3.63, 3.8) is 0 Å². The molecule has 176 valence electrons. The predicted octanol–water partition coefficient (Wildman–Crippen LogP) is 3.91. The zero-order valence-electron chi connectivity index (χ0n) is 18.6. The average Bonchev–Trinajstić information content (AvgIpc) is 3.58. The van der Waals surface area contributed by atoms with E-state index in [-0.39, 0.29) is 16.6 Å². The number of nitrogens with one attached hydrogen (secondary N) is 1. The number of amides is 2. The first kappa shape index (κ1) is 22.4. The number of aryl methyl sites for hydroxylation is 1. The Hall–Kier alpha value is -3.43. The first-order valence-electron chi connectivity index (χ1n) is 11.3. The maximum absolute atomic E-state index is 13.4. The minimum atomic E-state index is -3.52. The van der Waals surface area contributed by atoms with Gasteiger partial charge < -0.3 is 14.6 Å². The summed E-state index contributed by atoms with van der Waals surface area (Å²) < 4.78 is 32.6. The van der Waals surface area contributed by atoms with Gasteiger partial charge in [0.25, 0.3) is 11.8 Å². The van der Waals surface area contributed by atoms with Crippen LogP contribution < -0.4 is 10.2 Å². The summed E-state index contributed by atoms with van der Waals surface area (Å²) in [7, 11) is -3.52. The third kappa shape index (κ3) is 4.24. The van der Waals surface area contributed by atoms with Crippen LogP contribution in [-0.4, -0.2) is 44.2 Å². The van der Waals surface area contributed by atoms with E-state index in [1.165, 1.54) is 10.6 Å². The Morgan fingerprint density at radius 3 is 2.50 bits per heavy atom. The molecule has 5 rings (SSSR count). The van der Waals surface area contributed by atoms with Gasteiger partial charge in [0.05, 0.1) is 11.2 Å². The molecule has 3 aromatic rings. The van der Waals surface area contributed by atoms with Gasteiger partial charge in [0.15, 0.2) is 5.76 Å². The molecule has 1 saturated heterocycles. The number of sulfonamides is 1. The van der Waals surface area contributed by atoms with Crippen LogP contribution >= 0.6 is 0 Å². The second-order valence-corrected chi connectivity index (χ2v) is 10.4. The van der Waals surface area contributed by atoms with E-state index < -0.39 is 15.9 Å². The molecular formula is C25H25N3O5S. The first-order chi connectivity index (χ1) is 16.4. The molecule has 9 heteroatoms. The molecule has 0 spiro atoms. The highest BCUT2D eigenvalue weighted by Gasteiger charge is 2.30. The van der Waals surface area contributed by atoms with Crippen molar-refractivity contribution in [1.29, 1.82) is 0 Å². The number of carbonyl (C=O) groups is 2. The molecule has 1 fully saturated rings. The Morgan fingerprint density at radius 2 is 1.74 bits per heavy atom. The molecule has 8 nitrogen and oxygen atoms in total. The van der Waals surface area contributed by atoms with Gasteiger partial charge in [0.1, 0.15) is 0 Å². The van der Waals surface area contributed by atoms with Gasteiger partial charge >= 0.3 is 0 Å². The number of anilines is 2. The molecule has 0 atom stereocenters. The molecule has 34 heavy (non-hydrogen) atoms. The van der Waals surface area contributed by atoms with Gasteiger partial charge in [-0.3, -0.25) is 9.59 Å². The van der Waals surface area contributed by atoms with Gasteiger partial charge in [-0.2, -0.15) is 4.31 Å². The number of benzene rings is 2. The van der Waals surface area contributed by atoms with Crippen molar-refractivity contribution in [2.24, 2.45) is 0 Å². The van der Waals surface area contributed by atoms with Crippen LogP contribution in [0.15, 0.2) is 70.2 Å². The Kier molecular flexibility index (Phi) is 5.97. The third-order valence-electron chi connectivity index (χ3n) is 6.23. The van der Waals surface area contributed by atoms with Gasteiger partial charge in [-0.1, -0.05) is 6.07 Å². The average molecular weight is 480 g/mol. The normalized spacial score (nSPS) is 16.3. The van der Waals surface area contributed by atoms with Crippen molar-refractivity contribution < 1.29 is 22.4 Å². The topological polar surface area (TPSA) is 99.9 Å². The highest BCUT2D eigenvalue weighted by molar-refractivity contribution is 7.89. The second-order valence-electron chi connectivity index (χ2n) is 8.47. The molecule has 1 N–H and O–H groups in total. The largest absolute Gasteiger partial charge is 0.459 e. The quantitative estimate of drug-likeness (QED) is 0.598. The number of hydrogen-bond donors (Lipinski definition) is 1. The van der Waals surface area contributed by atoms with Gasteiger partial charge in [0.2, 0.25) is 10.0 Å². The monoisotopic (exact) mass is 479 g/mol. The van der Waals surface area contributed by atoms with Crippen LogP contribution in [0, 0.1) is 0 Å². The van der Waals surface area contributed by atoms with Crippen LogP contribution in [0.2, 0.25) is 0 Å². The molecule has 0 radical (unpaired) electrons. The summed E-state index contributed by atoms with van der Waals surface area (Å²) in [5.74, 6) is -0.420. The maximum Gasteiger partial charge on any atom is 0.291 e. The minimum Gasteiger partial charge on any atom is -0.459 e. The first-order valence-corrected chi connectivity index (χ1v) is 12.8. The number of furan rings is 1. The van der Waals surface area contributed by atoms with Gasteiger partial charge in [-0.25, -0.2) is 8.42 Å². The molecule has 0 saturated carbocycles. The molecule has 1 aromatic heterocycles. The fraction of sp³-hybridized carbons (Fsp3) is 0.280. The van der Waals surface area contributed by atoms with E-state index >= 15 is 0 Å². The zero-order chi connectivity index (χ0) is 23.7. The second kappa shape index (κ2) is 9.08. The van der Waals surface area contributed by atoms with Crippen molar-refractivity contribution in [3.05, 3.63) is 77.7 Å². The molecule has 3 heterocycles. The van der Waals surface area contributed by atoms with Crippen molar-refractivity contribution >= 4 is 33.2 Å². The summed E-state index contributed by atoms with van der Waals surface area (Å²) in [5.41, 5.74) is 2.49. The summed E-state index contributed by atoms with van der Waals surface area (Å²) >= 11 is 0. The third-order valence-corrected chi connectivity index (χ3v) is 8.12. The van der Waals surface area contributed by atoms with E-state index in [0.717, 1.165) is 30.5 Å². The lowest BCUT2D eigenvalue weighted by Gasteiger charge is -2.30. The van der Waals surface area contributed by atoms with Crippen molar-refractivity contribution in [1.82, 2.24) is 4.31 Å². The van der Waals surface area contributed by atoms with E-state index in [1.807, 2.05) is 0 Å². The van der Waals surface area contributed by atoms with E-state index in [0.29, 0.717) is 37.3 Å². The smallest absolute Gasteiger partial charge is 0.291 e. The Bertz CT molecular complexity index is 1330. The number of nitrogens with zero attached hydrogens (tertiary/aromatic N) is 2. The molecule has 0 aliphatic carbocycles. The molecule has 0 unspecified atom stereocenters. The Morgan fingerprint density at radius 1 is 0.912 bits per heavy atom. The lowest BCUT2D eigenvalue weighted by Crippen LogP contribution is -2.36. The molecule has 2 amide bonds. The molecule has 0 bridgehead atoms. The number of rotatable bonds is 5. The van der Waals surface area contributed by atoms with E-state index in [4.69, 9.17) is 4.42 Å². The van der Waals surface area contributed by atoms with E-state index in [2.05, 4.69) is 5.32 Å². The van der Waals surface area contributed by atoms with Crippen LogP contribution in [0.3, 0.4) is 0 Å². The Balaban J connectivity index is 1.38. The van der Waals surface area contributed by atoms with E-state index in [9.17, 15) is 18.0 Å². The molecular weight excluding hydrogens is 454 g/mol. The SMILES string of the molecule is O=C(Nc1cccc(C(=O)N2CCCc3cc(S(=O)(=O)N4CCCC4)ccc32)c1)c1ccco1. The van der Waals surface area contributed by atoms with Crippen LogP contribution in [0.1, 0.15) is 45.7 Å². The number of fused-ring (bicyclic) bond motifs is 1. The predicted molar refractivity (Wildman–Crippen MR) is 128 cm³/mol. The molecule has 2 aromatic carbocycles. The van der Waals surface area contributed by atoms with Crippen LogP contribution in [0.5, 0.6) is 0 Å². The minimum absolute atomic E-state index is 0.182. The fourth-order valence-corrected chi connectivity index (χ4v) is 6.08. The van der Waals surface area contributed by atoms with Gasteiger partial charge in [-0.15, -0.1) is 0 Å². The summed E-state index contributed by atoms with van der Waals surface area (Å²) in [6.45, 7) is 1.64. The van der Waals surface area contributed by atoms with Crippen LogP contribution in [0.4, 0.5) is 11.4 Å². The fourth-order valence-electron chi connectivity index (χ4n) is 4.51. The number of hydrogen-bond acceptors (Lipinski definition) is 5. The zero-order valence-corrected chi connectivity index (χ0v) is 19.4. The van der Waals surface area contributed by atoms with Gasteiger partial charge in [0, 0.05) is 36.6 Å². The van der Waals surface area contributed by atoms with E-state index in [1.54, 1.807) is 59.5 Å². The number of carbonyl (C=O) groups excluding carboxylic acids is 2. The van der Waals surface area contributed by atoms with Crippen LogP contribution in [-0.2, 0) is 16.4 Å². The van der Waals surface area contributed by atoms with Gasteiger partial charge in [-0.05, 0) is 79.8 Å². The van der Waals surface area contributed by atoms with Crippen molar-refractivity contribution in [2.75, 3.05) is 29.9 Å². The van der Waals surface area contributed by atoms with Crippen molar-refractivity contribution in [3.8, 4) is 0 Å². The highest BCUT2D eigenvalue weighted by atomic mass is 32.2.